The maximum Gasteiger partial charge on any atom is 0.185 e. The Morgan fingerprint density at radius 2 is 1.94 bits per heavy atom. The molecule has 0 aliphatic rings. The number of hydrogen-bond donors (Lipinski definition) is 0. The molecular weight excluding hydrogens is 200 g/mol. The van der Waals surface area contributed by atoms with E-state index in [9.17, 15) is 0 Å². The van der Waals surface area contributed by atoms with Crippen molar-refractivity contribution in [2.24, 2.45) is 11.8 Å². The van der Waals surface area contributed by atoms with Gasteiger partial charge in [-0.05, 0) is 24.7 Å². The van der Waals surface area contributed by atoms with E-state index >= 15 is 0 Å². The third kappa shape index (κ3) is 3.34. The quantitative estimate of drug-likeness (QED) is 0.765. The second kappa shape index (κ2) is 5.64. The molecule has 1 aromatic rings. The van der Waals surface area contributed by atoms with Crippen LogP contribution in [0.4, 0.5) is 0 Å². The highest BCUT2D eigenvalue weighted by Gasteiger charge is 2.13. The summed E-state index contributed by atoms with van der Waals surface area (Å²) in [6, 6.07) is 2.11. The van der Waals surface area contributed by atoms with E-state index in [2.05, 4.69) is 44.1 Å². The fourth-order valence-electron chi connectivity index (χ4n) is 1.57. The second-order valence-electron chi connectivity index (χ2n) is 5.00. The van der Waals surface area contributed by atoms with Crippen molar-refractivity contribution in [2.75, 3.05) is 0 Å². The van der Waals surface area contributed by atoms with Gasteiger partial charge < -0.3 is 0 Å². The van der Waals surface area contributed by atoms with Crippen LogP contribution in [0.25, 0.3) is 0 Å². The predicted octanol–water partition coefficient (Wildman–Crippen LogP) is 2.39. The number of rotatable bonds is 5. The van der Waals surface area contributed by atoms with Crippen molar-refractivity contribution in [1.82, 2.24) is 15.0 Å². The molecule has 0 amide bonds. The molecule has 0 fully saturated rings. The average Bonchev–Trinajstić information content (AvgIpc) is 2.56. The largest absolute Gasteiger partial charge is 0.248 e. The number of aryl methyl sites for hydroxylation is 1. The zero-order chi connectivity index (χ0) is 12.1. The van der Waals surface area contributed by atoms with Crippen LogP contribution in [0, 0.1) is 23.2 Å². The van der Waals surface area contributed by atoms with Gasteiger partial charge in [0.1, 0.15) is 6.07 Å². The Kier molecular flexibility index (Phi) is 4.48. The molecule has 0 bridgehead atoms. The maximum absolute atomic E-state index is 8.96. The summed E-state index contributed by atoms with van der Waals surface area (Å²) >= 11 is 0. The summed E-state index contributed by atoms with van der Waals surface area (Å²) in [5.41, 5.74) is 1.47. The van der Waals surface area contributed by atoms with Gasteiger partial charge in [0.25, 0.3) is 0 Å². The van der Waals surface area contributed by atoms with Crippen molar-refractivity contribution in [1.29, 1.82) is 5.26 Å². The van der Waals surface area contributed by atoms with Crippen LogP contribution in [-0.2, 0) is 13.0 Å². The van der Waals surface area contributed by atoms with E-state index in [0.29, 0.717) is 17.5 Å². The highest BCUT2D eigenvalue weighted by atomic mass is 15.4. The Bertz CT molecular complexity index is 371. The van der Waals surface area contributed by atoms with Gasteiger partial charge in [-0.3, -0.25) is 0 Å². The molecule has 0 atom stereocenters. The highest BCUT2D eigenvalue weighted by molar-refractivity contribution is 5.24. The molecule has 4 heteroatoms. The van der Waals surface area contributed by atoms with Gasteiger partial charge in [-0.2, -0.15) is 5.26 Å². The SMILES string of the molecule is CC(C)CCn1nnc(C#N)c1CC(C)C. The van der Waals surface area contributed by atoms with Crippen LogP contribution < -0.4 is 0 Å². The third-order valence-electron chi connectivity index (χ3n) is 2.46. The summed E-state index contributed by atoms with van der Waals surface area (Å²) in [4.78, 5) is 0. The lowest BCUT2D eigenvalue weighted by Crippen LogP contribution is -2.10. The van der Waals surface area contributed by atoms with Crippen molar-refractivity contribution in [2.45, 2.75) is 47.1 Å². The van der Waals surface area contributed by atoms with Crippen LogP contribution in [0.2, 0.25) is 0 Å². The van der Waals surface area contributed by atoms with Gasteiger partial charge in [0.05, 0.1) is 5.69 Å². The Labute approximate surface area is 97.3 Å². The summed E-state index contributed by atoms with van der Waals surface area (Å²) in [6.45, 7) is 9.50. The fraction of sp³-hybridized carbons (Fsp3) is 0.750. The van der Waals surface area contributed by atoms with Crippen LogP contribution in [0.5, 0.6) is 0 Å². The molecule has 88 valence electrons. The van der Waals surface area contributed by atoms with E-state index in [1.165, 1.54) is 0 Å². The van der Waals surface area contributed by atoms with Crippen LogP contribution >= 0.6 is 0 Å². The molecule has 4 nitrogen and oxygen atoms in total. The van der Waals surface area contributed by atoms with Gasteiger partial charge in [0.15, 0.2) is 5.69 Å². The molecule has 0 N–H and O–H groups in total. The van der Waals surface area contributed by atoms with E-state index in [-0.39, 0.29) is 0 Å². The minimum atomic E-state index is 0.484. The molecular formula is C12H20N4. The minimum Gasteiger partial charge on any atom is -0.248 e. The van der Waals surface area contributed by atoms with E-state index in [0.717, 1.165) is 25.1 Å². The molecule has 0 radical (unpaired) electrons. The highest BCUT2D eigenvalue weighted by Crippen LogP contribution is 2.12. The van der Waals surface area contributed by atoms with Gasteiger partial charge in [-0.25, -0.2) is 4.68 Å². The Balaban J connectivity index is 2.83. The van der Waals surface area contributed by atoms with Gasteiger partial charge in [0, 0.05) is 6.54 Å². The van der Waals surface area contributed by atoms with Crippen molar-refractivity contribution in [3.8, 4) is 6.07 Å². The first kappa shape index (κ1) is 12.7. The molecule has 1 rings (SSSR count). The van der Waals surface area contributed by atoms with Crippen LogP contribution in [0.15, 0.2) is 0 Å². The summed E-state index contributed by atoms with van der Waals surface area (Å²) in [5, 5.41) is 16.9. The van der Waals surface area contributed by atoms with E-state index in [1.54, 1.807) is 0 Å². The molecule has 0 spiro atoms. The van der Waals surface area contributed by atoms with Crippen molar-refractivity contribution >= 4 is 0 Å². The lowest BCUT2D eigenvalue weighted by molar-refractivity contribution is 0.458. The van der Waals surface area contributed by atoms with Crippen molar-refractivity contribution in [3.63, 3.8) is 0 Å². The van der Waals surface area contributed by atoms with Gasteiger partial charge in [-0.1, -0.05) is 32.9 Å². The monoisotopic (exact) mass is 220 g/mol. The lowest BCUT2D eigenvalue weighted by Gasteiger charge is -2.09. The summed E-state index contributed by atoms with van der Waals surface area (Å²) in [7, 11) is 0. The van der Waals surface area contributed by atoms with Gasteiger partial charge in [0.2, 0.25) is 0 Å². The first-order valence-corrected chi connectivity index (χ1v) is 5.87. The molecule has 0 aromatic carbocycles. The first-order valence-electron chi connectivity index (χ1n) is 5.87. The molecule has 16 heavy (non-hydrogen) atoms. The molecule has 0 saturated heterocycles. The predicted molar refractivity (Wildman–Crippen MR) is 62.7 cm³/mol. The zero-order valence-corrected chi connectivity index (χ0v) is 10.6. The van der Waals surface area contributed by atoms with E-state index < -0.39 is 0 Å². The topological polar surface area (TPSA) is 54.5 Å². The smallest absolute Gasteiger partial charge is 0.185 e. The Hall–Kier alpha value is -1.37. The number of aromatic nitrogens is 3. The zero-order valence-electron chi connectivity index (χ0n) is 10.6. The molecule has 1 aromatic heterocycles. The van der Waals surface area contributed by atoms with E-state index in [1.807, 2.05) is 4.68 Å². The summed E-state index contributed by atoms with van der Waals surface area (Å²) in [6.07, 6.45) is 1.94. The minimum absolute atomic E-state index is 0.484. The molecule has 0 aliphatic heterocycles. The molecule has 0 saturated carbocycles. The summed E-state index contributed by atoms with van der Waals surface area (Å²) in [5.74, 6) is 1.16. The van der Waals surface area contributed by atoms with Gasteiger partial charge >= 0.3 is 0 Å². The number of nitriles is 1. The molecule has 0 unspecified atom stereocenters. The third-order valence-corrected chi connectivity index (χ3v) is 2.46. The van der Waals surface area contributed by atoms with E-state index in [4.69, 9.17) is 5.26 Å². The Morgan fingerprint density at radius 3 is 2.44 bits per heavy atom. The molecule has 1 heterocycles. The van der Waals surface area contributed by atoms with Gasteiger partial charge in [-0.15, -0.1) is 5.10 Å². The normalized spacial score (nSPS) is 11.1. The standard InChI is InChI=1S/C12H20N4/c1-9(2)5-6-16-12(7-10(3)4)11(8-13)14-15-16/h9-10H,5-7H2,1-4H3. The number of nitrogens with zero attached hydrogens (tertiary/aromatic N) is 4. The maximum atomic E-state index is 8.96. The lowest BCUT2D eigenvalue weighted by atomic mass is 10.1. The van der Waals surface area contributed by atoms with Crippen LogP contribution in [0.1, 0.15) is 45.5 Å². The molecule has 0 aliphatic carbocycles. The van der Waals surface area contributed by atoms with Crippen molar-refractivity contribution in [3.05, 3.63) is 11.4 Å². The Morgan fingerprint density at radius 1 is 1.25 bits per heavy atom. The average molecular weight is 220 g/mol. The van der Waals surface area contributed by atoms with Crippen LogP contribution in [-0.4, -0.2) is 15.0 Å². The second-order valence-corrected chi connectivity index (χ2v) is 5.00. The first-order chi connectivity index (χ1) is 7.54. The van der Waals surface area contributed by atoms with Crippen molar-refractivity contribution < 1.29 is 0 Å². The number of hydrogen-bond acceptors (Lipinski definition) is 3. The van der Waals surface area contributed by atoms with Crippen LogP contribution in [0.3, 0.4) is 0 Å². The fourth-order valence-corrected chi connectivity index (χ4v) is 1.57. The summed E-state index contributed by atoms with van der Waals surface area (Å²) < 4.78 is 1.89.